The van der Waals surface area contributed by atoms with Crippen molar-refractivity contribution in [3.8, 4) is 0 Å². The molecule has 0 aliphatic carbocycles. The second-order valence-electron chi connectivity index (χ2n) is 5.61. The van der Waals surface area contributed by atoms with E-state index < -0.39 is 10.0 Å². The molecule has 1 atom stereocenters. The molecule has 0 bridgehead atoms. The van der Waals surface area contributed by atoms with Gasteiger partial charge in [-0.05, 0) is 50.3 Å². The summed E-state index contributed by atoms with van der Waals surface area (Å²) < 4.78 is 27.7. The lowest BCUT2D eigenvalue weighted by molar-refractivity contribution is 0.211. The summed E-state index contributed by atoms with van der Waals surface area (Å²) >= 11 is 1.49. The molecule has 0 amide bonds. The van der Waals surface area contributed by atoms with E-state index in [0.717, 1.165) is 37.4 Å². The maximum absolute atomic E-state index is 12.5. The first-order valence-electron chi connectivity index (χ1n) is 7.48. The Morgan fingerprint density at radius 2 is 2.29 bits per heavy atom. The van der Waals surface area contributed by atoms with Gasteiger partial charge in [-0.3, -0.25) is 0 Å². The van der Waals surface area contributed by atoms with E-state index >= 15 is 0 Å². The van der Waals surface area contributed by atoms with Crippen molar-refractivity contribution in [2.24, 2.45) is 5.92 Å². The van der Waals surface area contributed by atoms with E-state index in [1.165, 1.54) is 11.3 Å². The summed E-state index contributed by atoms with van der Waals surface area (Å²) in [6, 6.07) is 1.70. The molecular weight excluding hydrogens is 306 g/mol. The minimum Gasteiger partial charge on any atom is -0.312 e. The Bertz CT molecular complexity index is 542. The molecule has 1 unspecified atom stereocenters. The quantitative estimate of drug-likeness (QED) is 0.794. The number of sulfonamides is 1. The van der Waals surface area contributed by atoms with E-state index in [9.17, 15) is 8.42 Å². The first-order chi connectivity index (χ1) is 10.0. The first kappa shape index (κ1) is 16.9. The Labute approximate surface area is 131 Å². The highest BCUT2D eigenvalue weighted by Gasteiger charge is 2.23. The Balaban J connectivity index is 1.96. The molecule has 1 aliphatic heterocycles. The van der Waals surface area contributed by atoms with Crippen LogP contribution in [0.25, 0.3) is 0 Å². The van der Waals surface area contributed by atoms with Gasteiger partial charge in [-0.1, -0.05) is 6.92 Å². The van der Waals surface area contributed by atoms with E-state index in [1.54, 1.807) is 6.07 Å². The summed E-state index contributed by atoms with van der Waals surface area (Å²) in [4.78, 5) is 3.58. The van der Waals surface area contributed by atoms with Gasteiger partial charge in [0.25, 0.3) is 0 Å². The summed E-state index contributed by atoms with van der Waals surface area (Å²) in [6.07, 6.45) is 2.24. The van der Waals surface area contributed by atoms with Crippen LogP contribution in [0.3, 0.4) is 0 Å². The number of nitrogens with one attached hydrogen (secondary N) is 2. The highest BCUT2D eigenvalue weighted by Crippen LogP contribution is 2.22. The van der Waals surface area contributed by atoms with Crippen LogP contribution < -0.4 is 10.0 Å². The first-order valence-corrected chi connectivity index (χ1v) is 9.84. The number of likely N-dealkylation sites (tertiary alicyclic amines) is 1. The zero-order valence-electron chi connectivity index (χ0n) is 12.8. The van der Waals surface area contributed by atoms with Gasteiger partial charge in [0, 0.05) is 24.5 Å². The fraction of sp³-hybridized carbons (Fsp3) is 0.714. The average molecular weight is 332 g/mol. The van der Waals surface area contributed by atoms with Crippen molar-refractivity contribution >= 4 is 21.4 Å². The monoisotopic (exact) mass is 331 g/mol. The molecule has 0 spiro atoms. The Morgan fingerprint density at radius 3 is 3.00 bits per heavy atom. The van der Waals surface area contributed by atoms with E-state index in [2.05, 4.69) is 22.0 Å². The SMILES string of the molecule is CCNCc1sccc1S(=O)(=O)NCC1CCCN(C)C1. The zero-order chi connectivity index (χ0) is 15.3. The van der Waals surface area contributed by atoms with Gasteiger partial charge in [-0.25, -0.2) is 13.1 Å². The van der Waals surface area contributed by atoms with Crippen molar-refractivity contribution in [1.82, 2.24) is 14.9 Å². The summed E-state index contributed by atoms with van der Waals surface area (Å²) in [5.74, 6) is 0.411. The van der Waals surface area contributed by atoms with Crippen LogP contribution in [-0.2, 0) is 16.6 Å². The summed E-state index contributed by atoms with van der Waals surface area (Å²) in [5, 5.41) is 5.03. The van der Waals surface area contributed by atoms with Gasteiger partial charge in [0.2, 0.25) is 10.0 Å². The molecule has 0 radical (unpaired) electrons. The van der Waals surface area contributed by atoms with Crippen LogP contribution in [0.15, 0.2) is 16.3 Å². The van der Waals surface area contributed by atoms with Gasteiger partial charge in [0.1, 0.15) is 0 Å². The molecule has 1 aromatic rings. The standard InChI is InChI=1S/C14H25N3O2S2/c1-3-15-10-13-14(6-8-20-13)21(18,19)16-9-12-5-4-7-17(2)11-12/h6,8,12,15-16H,3-5,7,9-11H2,1-2H3. The van der Waals surface area contributed by atoms with Gasteiger partial charge in [0.05, 0.1) is 4.90 Å². The predicted octanol–water partition coefficient (Wildman–Crippen LogP) is 1.48. The van der Waals surface area contributed by atoms with Crippen molar-refractivity contribution in [2.45, 2.75) is 31.2 Å². The molecule has 120 valence electrons. The summed E-state index contributed by atoms with van der Waals surface area (Å²) in [7, 11) is -1.30. The molecule has 21 heavy (non-hydrogen) atoms. The molecular formula is C14H25N3O2S2. The molecule has 1 aromatic heterocycles. The maximum atomic E-state index is 12.5. The normalized spacial score (nSPS) is 20.8. The van der Waals surface area contributed by atoms with Crippen LogP contribution in [0.4, 0.5) is 0 Å². The molecule has 0 saturated carbocycles. The van der Waals surface area contributed by atoms with E-state index in [0.29, 0.717) is 23.9 Å². The van der Waals surface area contributed by atoms with Crippen molar-refractivity contribution in [3.63, 3.8) is 0 Å². The fourth-order valence-electron chi connectivity index (χ4n) is 2.68. The Morgan fingerprint density at radius 1 is 1.48 bits per heavy atom. The van der Waals surface area contributed by atoms with E-state index in [-0.39, 0.29) is 0 Å². The number of nitrogens with zero attached hydrogens (tertiary/aromatic N) is 1. The van der Waals surface area contributed by atoms with Gasteiger partial charge >= 0.3 is 0 Å². The lowest BCUT2D eigenvalue weighted by atomic mass is 9.99. The van der Waals surface area contributed by atoms with Crippen LogP contribution in [0.5, 0.6) is 0 Å². The molecule has 1 fully saturated rings. The zero-order valence-corrected chi connectivity index (χ0v) is 14.4. The third-order valence-electron chi connectivity index (χ3n) is 3.81. The van der Waals surface area contributed by atoms with E-state index in [1.807, 2.05) is 12.3 Å². The summed E-state index contributed by atoms with van der Waals surface area (Å²) in [5.41, 5.74) is 0. The number of rotatable bonds is 7. The molecule has 2 N–H and O–H groups in total. The Kier molecular flexibility index (Phi) is 6.19. The third kappa shape index (κ3) is 4.75. The van der Waals surface area contributed by atoms with E-state index in [4.69, 9.17) is 0 Å². The smallest absolute Gasteiger partial charge is 0.241 e. The topological polar surface area (TPSA) is 61.4 Å². The molecule has 2 heterocycles. The fourth-order valence-corrected chi connectivity index (χ4v) is 5.21. The predicted molar refractivity (Wildman–Crippen MR) is 87.1 cm³/mol. The minimum atomic E-state index is -3.39. The number of hydrogen-bond acceptors (Lipinski definition) is 5. The van der Waals surface area contributed by atoms with Crippen molar-refractivity contribution in [3.05, 3.63) is 16.3 Å². The van der Waals surface area contributed by atoms with Crippen LogP contribution in [0.1, 0.15) is 24.6 Å². The van der Waals surface area contributed by atoms with Gasteiger partial charge in [-0.15, -0.1) is 11.3 Å². The highest BCUT2D eigenvalue weighted by atomic mass is 32.2. The summed E-state index contributed by atoms with van der Waals surface area (Å²) in [6.45, 7) is 6.07. The van der Waals surface area contributed by atoms with Crippen molar-refractivity contribution in [2.75, 3.05) is 33.2 Å². The molecule has 5 nitrogen and oxygen atoms in total. The number of hydrogen-bond donors (Lipinski definition) is 2. The molecule has 0 aromatic carbocycles. The average Bonchev–Trinajstić information content (AvgIpc) is 2.92. The van der Waals surface area contributed by atoms with Crippen LogP contribution >= 0.6 is 11.3 Å². The van der Waals surface area contributed by atoms with Gasteiger partial charge < -0.3 is 10.2 Å². The number of thiophene rings is 1. The van der Waals surface area contributed by atoms with Crippen LogP contribution in [-0.4, -0.2) is 46.5 Å². The molecule has 2 rings (SSSR count). The largest absolute Gasteiger partial charge is 0.312 e. The number of piperidine rings is 1. The Hall–Kier alpha value is -0.470. The van der Waals surface area contributed by atoms with Crippen molar-refractivity contribution in [1.29, 1.82) is 0 Å². The highest BCUT2D eigenvalue weighted by molar-refractivity contribution is 7.89. The second-order valence-corrected chi connectivity index (χ2v) is 8.35. The molecule has 1 aliphatic rings. The lowest BCUT2D eigenvalue weighted by Gasteiger charge is -2.29. The van der Waals surface area contributed by atoms with Crippen LogP contribution in [0, 0.1) is 5.92 Å². The van der Waals surface area contributed by atoms with Gasteiger partial charge in [-0.2, -0.15) is 0 Å². The van der Waals surface area contributed by atoms with Crippen molar-refractivity contribution < 1.29 is 8.42 Å². The minimum absolute atomic E-state index is 0.411. The third-order valence-corrected chi connectivity index (χ3v) is 6.37. The molecule has 1 saturated heterocycles. The van der Waals surface area contributed by atoms with Gasteiger partial charge in [0.15, 0.2) is 0 Å². The molecule has 7 heteroatoms. The van der Waals surface area contributed by atoms with Crippen LogP contribution in [0.2, 0.25) is 0 Å². The lowest BCUT2D eigenvalue weighted by Crippen LogP contribution is -2.39. The maximum Gasteiger partial charge on any atom is 0.241 e. The second kappa shape index (κ2) is 7.69.